The van der Waals surface area contributed by atoms with Gasteiger partial charge in [-0.3, -0.25) is 4.79 Å². The number of nitrogens with one attached hydrogen (secondary N) is 1. The van der Waals surface area contributed by atoms with Crippen LogP contribution in [-0.4, -0.2) is 18.1 Å². The summed E-state index contributed by atoms with van der Waals surface area (Å²) in [5, 5.41) is 5.05. The minimum atomic E-state index is -0.455. The molecule has 3 heteroatoms. The Balaban J connectivity index is 2.23. The minimum absolute atomic E-state index is 0.0598. The minimum Gasteiger partial charge on any atom is -0.480 e. The third kappa shape index (κ3) is 3.29. The summed E-state index contributed by atoms with van der Waals surface area (Å²) >= 11 is 0. The normalized spacial score (nSPS) is 12.4. The van der Waals surface area contributed by atoms with Crippen LogP contribution in [0.5, 0.6) is 5.75 Å². The van der Waals surface area contributed by atoms with Gasteiger partial charge >= 0.3 is 0 Å². The van der Waals surface area contributed by atoms with Crippen molar-refractivity contribution in [2.75, 3.05) is 0 Å². The van der Waals surface area contributed by atoms with Crippen LogP contribution in [0.25, 0.3) is 10.8 Å². The first-order chi connectivity index (χ1) is 9.61. The molecule has 2 aromatic carbocycles. The van der Waals surface area contributed by atoms with Crippen molar-refractivity contribution in [1.29, 1.82) is 0 Å². The maximum absolute atomic E-state index is 12.1. The molecule has 0 aliphatic carbocycles. The Morgan fingerprint density at radius 2 is 1.85 bits per heavy atom. The molecular weight excluding hydrogens is 250 g/mol. The first kappa shape index (κ1) is 14.4. The highest BCUT2D eigenvalue weighted by Crippen LogP contribution is 2.26. The Bertz CT molecular complexity index is 587. The highest BCUT2D eigenvalue weighted by molar-refractivity contribution is 5.89. The molecule has 0 saturated heterocycles. The van der Waals surface area contributed by atoms with E-state index in [1.54, 1.807) is 0 Å². The van der Waals surface area contributed by atoms with Crippen LogP contribution in [0.4, 0.5) is 0 Å². The lowest BCUT2D eigenvalue weighted by atomic mass is 10.1. The van der Waals surface area contributed by atoms with Crippen molar-refractivity contribution in [3.63, 3.8) is 0 Å². The molecular formula is C17H21NO2. The van der Waals surface area contributed by atoms with Gasteiger partial charge in [0, 0.05) is 11.4 Å². The summed E-state index contributed by atoms with van der Waals surface area (Å²) in [5.74, 6) is 0.698. The van der Waals surface area contributed by atoms with Gasteiger partial charge in [-0.05, 0) is 31.7 Å². The van der Waals surface area contributed by atoms with Crippen LogP contribution < -0.4 is 10.1 Å². The van der Waals surface area contributed by atoms with Crippen molar-refractivity contribution >= 4 is 16.7 Å². The maximum atomic E-state index is 12.1. The number of ether oxygens (including phenoxy) is 1. The van der Waals surface area contributed by atoms with Gasteiger partial charge in [-0.25, -0.2) is 0 Å². The molecule has 0 radical (unpaired) electrons. The van der Waals surface area contributed by atoms with Crippen LogP contribution in [-0.2, 0) is 4.79 Å². The molecule has 2 rings (SSSR count). The summed E-state index contributed by atoms with van der Waals surface area (Å²) < 4.78 is 5.93. The monoisotopic (exact) mass is 271 g/mol. The average molecular weight is 271 g/mol. The summed E-state index contributed by atoms with van der Waals surface area (Å²) in [7, 11) is 0. The summed E-state index contributed by atoms with van der Waals surface area (Å²) in [6, 6.07) is 14.0. The molecule has 2 aromatic rings. The van der Waals surface area contributed by atoms with E-state index in [4.69, 9.17) is 4.74 Å². The fourth-order valence-electron chi connectivity index (χ4n) is 2.15. The predicted molar refractivity (Wildman–Crippen MR) is 81.9 cm³/mol. The molecule has 0 aliphatic rings. The van der Waals surface area contributed by atoms with Gasteiger partial charge in [-0.1, -0.05) is 43.3 Å². The predicted octanol–water partition coefficient (Wildman–Crippen LogP) is 3.52. The Morgan fingerprint density at radius 1 is 1.15 bits per heavy atom. The maximum Gasteiger partial charge on any atom is 0.261 e. The van der Waals surface area contributed by atoms with E-state index in [0.29, 0.717) is 6.42 Å². The zero-order valence-corrected chi connectivity index (χ0v) is 12.2. The van der Waals surface area contributed by atoms with E-state index in [9.17, 15) is 4.79 Å². The van der Waals surface area contributed by atoms with Crippen LogP contribution in [0, 0.1) is 0 Å². The van der Waals surface area contributed by atoms with E-state index < -0.39 is 6.10 Å². The molecule has 1 amide bonds. The van der Waals surface area contributed by atoms with Crippen LogP contribution >= 0.6 is 0 Å². The van der Waals surface area contributed by atoms with Gasteiger partial charge < -0.3 is 10.1 Å². The van der Waals surface area contributed by atoms with E-state index in [1.807, 2.05) is 63.2 Å². The molecule has 1 N–H and O–H groups in total. The lowest BCUT2D eigenvalue weighted by molar-refractivity contribution is -0.128. The second-order valence-electron chi connectivity index (χ2n) is 5.16. The molecule has 0 bridgehead atoms. The van der Waals surface area contributed by atoms with Crippen molar-refractivity contribution in [3.8, 4) is 5.75 Å². The van der Waals surface area contributed by atoms with Gasteiger partial charge in [0.1, 0.15) is 5.75 Å². The molecule has 0 unspecified atom stereocenters. The van der Waals surface area contributed by atoms with E-state index >= 15 is 0 Å². The van der Waals surface area contributed by atoms with E-state index in [-0.39, 0.29) is 11.9 Å². The molecule has 0 fully saturated rings. The number of carbonyl (C=O) groups is 1. The number of rotatable bonds is 5. The Labute approximate surface area is 119 Å². The highest BCUT2D eigenvalue weighted by atomic mass is 16.5. The lowest BCUT2D eigenvalue weighted by Crippen LogP contribution is -2.41. The fraction of sp³-hybridized carbons (Fsp3) is 0.353. The topological polar surface area (TPSA) is 38.3 Å². The van der Waals surface area contributed by atoms with Gasteiger partial charge in [-0.2, -0.15) is 0 Å². The highest BCUT2D eigenvalue weighted by Gasteiger charge is 2.19. The van der Waals surface area contributed by atoms with Crippen LogP contribution in [0.15, 0.2) is 42.5 Å². The largest absolute Gasteiger partial charge is 0.480 e. The van der Waals surface area contributed by atoms with Gasteiger partial charge in [0.15, 0.2) is 6.10 Å². The average Bonchev–Trinajstić information content (AvgIpc) is 2.44. The second-order valence-corrected chi connectivity index (χ2v) is 5.16. The van der Waals surface area contributed by atoms with Crippen LogP contribution in [0.2, 0.25) is 0 Å². The van der Waals surface area contributed by atoms with Crippen molar-refractivity contribution in [1.82, 2.24) is 5.32 Å². The number of fused-ring (bicyclic) bond motifs is 1. The third-order valence-corrected chi connectivity index (χ3v) is 3.11. The lowest BCUT2D eigenvalue weighted by Gasteiger charge is -2.19. The summed E-state index contributed by atoms with van der Waals surface area (Å²) in [4.78, 5) is 12.1. The molecule has 0 saturated carbocycles. The molecule has 0 spiro atoms. The smallest absolute Gasteiger partial charge is 0.261 e. The Morgan fingerprint density at radius 3 is 2.55 bits per heavy atom. The standard InChI is InChI=1S/C17H21NO2/c1-4-15(17(19)18-12(2)3)20-16-11-7-9-13-8-5-6-10-14(13)16/h5-12,15H,4H2,1-3H3,(H,18,19)/t15-/m0/s1. The quantitative estimate of drug-likeness (QED) is 0.903. The number of hydrogen-bond acceptors (Lipinski definition) is 2. The number of benzene rings is 2. The zero-order valence-electron chi connectivity index (χ0n) is 12.2. The third-order valence-electron chi connectivity index (χ3n) is 3.11. The Kier molecular flexibility index (Phi) is 4.61. The van der Waals surface area contributed by atoms with Crippen molar-refractivity contribution in [3.05, 3.63) is 42.5 Å². The number of amides is 1. The molecule has 0 aliphatic heterocycles. The summed E-state index contributed by atoms with van der Waals surface area (Å²) in [6.45, 7) is 5.85. The van der Waals surface area contributed by atoms with E-state index in [0.717, 1.165) is 16.5 Å². The number of carbonyl (C=O) groups excluding carboxylic acids is 1. The van der Waals surface area contributed by atoms with Crippen molar-refractivity contribution < 1.29 is 9.53 Å². The van der Waals surface area contributed by atoms with Gasteiger partial charge in [0.25, 0.3) is 5.91 Å². The molecule has 106 valence electrons. The zero-order chi connectivity index (χ0) is 14.5. The van der Waals surface area contributed by atoms with Crippen LogP contribution in [0.1, 0.15) is 27.2 Å². The van der Waals surface area contributed by atoms with Crippen molar-refractivity contribution in [2.24, 2.45) is 0 Å². The molecule has 0 heterocycles. The molecule has 0 aromatic heterocycles. The first-order valence-corrected chi connectivity index (χ1v) is 7.06. The molecule has 20 heavy (non-hydrogen) atoms. The van der Waals surface area contributed by atoms with Gasteiger partial charge in [-0.15, -0.1) is 0 Å². The first-order valence-electron chi connectivity index (χ1n) is 7.06. The molecule has 3 nitrogen and oxygen atoms in total. The summed E-state index contributed by atoms with van der Waals surface area (Å²) in [6.07, 6.45) is 0.185. The Hall–Kier alpha value is -2.03. The van der Waals surface area contributed by atoms with E-state index in [2.05, 4.69) is 5.32 Å². The van der Waals surface area contributed by atoms with Crippen molar-refractivity contribution in [2.45, 2.75) is 39.3 Å². The second kappa shape index (κ2) is 6.42. The number of hydrogen-bond donors (Lipinski definition) is 1. The van der Waals surface area contributed by atoms with Gasteiger partial charge in [0.2, 0.25) is 0 Å². The molecule has 1 atom stereocenters. The SMILES string of the molecule is CC[C@H](Oc1cccc2ccccc12)C(=O)NC(C)C. The fourth-order valence-corrected chi connectivity index (χ4v) is 2.15. The summed E-state index contributed by atoms with van der Waals surface area (Å²) in [5.41, 5.74) is 0. The van der Waals surface area contributed by atoms with Gasteiger partial charge in [0.05, 0.1) is 0 Å². The van der Waals surface area contributed by atoms with Crippen LogP contribution in [0.3, 0.4) is 0 Å². The van der Waals surface area contributed by atoms with E-state index in [1.165, 1.54) is 0 Å².